The van der Waals surface area contributed by atoms with E-state index >= 15 is 0 Å². The van der Waals surface area contributed by atoms with Crippen LogP contribution < -0.4 is 14.4 Å². The summed E-state index contributed by atoms with van der Waals surface area (Å²) in [5.41, 5.74) is 3.53. The molecule has 1 N–H and O–H groups in total. The fourth-order valence-corrected chi connectivity index (χ4v) is 5.31. The average Bonchev–Trinajstić information content (AvgIpc) is 2.78. The first-order valence-electron chi connectivity index (χ1n) is 10.4. The molecule has 0 fully saturated rings. The lowest BCUT2D eigenvalue weighted by atomic mass is 9.96. The van der Waals surface area contributed by atoms with Crippen LogP contribution in [0.25, 0.3) is 0 Å². The second-order valence-corrected chi connectivity index (χ2v) is 9.72. The van der Waals surface area contributed by atoms with Crippen molar-refractivity contribution in [3.8, 4) is 5.88 Å². The van der Waals surface area contributed by atoms with Gasteiger partial charge in [0.05, 0.1) is 29.2 Å². The first-order valence-corrected chi connectivity index (χ1v) is 11.8. The zero-order chi connectivity index (χ0) is 22.9. The normalized spacial score (nSPS) is 14.3. The summed E-state index contributed by atoms with van der Waals surface area (Å²) < 4.78 is 33.5. The van der Waals surface area contributed by atoms with E-state index in [1.807, 2.05) is 51.1 Å². The lowest BCUT2D eigenvalue weighted by Crippen LogP contribution is -2.38. The summed E-state index contributed by atoms with van der Waals surface area (Å²) in [6.45, 7) is 5.99. The maximum atomic E-state index is 13.3. The van der Waals surface area contributed by atoms with Crippen LogP contribution in [0.3, 0.4) is 0 Å². The lowest BCUT2D eigenvalue weighted by molar-refractivity contribution is -0.117. The first-order chi connectivity index (χ1) is 15.3. The minimum atomic E-state index is -3.81. The number of carbonyl (C=O) groups is 1. The number of pyridine rings is 1. The Hall–Kier alpha value is -3.39. The van der Waals surface area contributed by atoms with Crippen LogP contribution in [0.15, 0.2) is 65.7 Å². The van der Waals surface area contributed by atoms with Crippen molar-refractivity contribution < 1.29 is 17.9 Å². The van der Waals surface area contributed by atoms with Crippen LogP contribution in [0.4, 0.5) is 11.4 Å². The number of amides is 1. The zero-order valence-corrected chi connectivity index (χ0v) is 19.0. The van der Waals surface area contributed by atoms with Crippen LogP contribution in [0.1, 0.15) is 29.5 Å². The number of aromatic nitrogens is 1. The molecule has 0 saturated carbocycles. The molecule has 0 spiro atoms. The van der Waals surface area contributed by atoms with Gasteiger partial charge in [0, 0.05) is 0 Å². The molecular weight excluding hydrogens is 426 g/mol. The molecule has 1 aromatic heterocycles. The highest BCUT2D eigenvalue weighted by Crippen LogP contribution is 2.36. The van der Waals surface area contributed by atoms with Crippen molar-refractivity contribution in [3.05, 3.63) is 77.5 Å². The van der Waals surface area contributed by atoms with Crippen LogP contribution in [0.2, 0.25) is 0 Å². The third-order valence-corrected chi connectivity index (χ3v) is 7.34. The highest BCUT2D eigenvalue weighted by Gasteiger charge is 2.31. The Morgan fingerprint density at radius 2 is 1.91 bits per heavy atom. The lowest BCUT2D eigenvalue weighted by Gasteiger charge is -2.30. The Labute approximate surface area is 188 Å². The zero-order valence-electron chi connectivity index (χ0n) is 18.2. The van der Waals surface area contributed by atoms with Crippen LogP contribution in [0, 0.1) is 13.8 Å². The van der Waals surface area contributed by atoms with Gasteiger partial charge < -0.3 is 10.1 Å². The van der Waals surface area contributed by atoms with Gasteiger partial charge in [-0.05, 0) is 55.7 Å². The van der Waals surface area contributed by atoms with Gasteiger partial charge in [-0.25, -0.2) is 13.4 Å². The largest absolute Gasteiger partial charge is 0.474 e. The number of fused-ring (bicyclic) bond motifs is 1. The Morgan fingerprint density at radius 3 is 2.66 bits per heavy atom. The van der Waals surface area contributed by atoms with Gasteiger partial charge in [-0.2, -0.15) is 0 Å². The predicted molar refractivity (Wildman–Crippen MR) is 124 cm³/mol. The fraction of sp³-hybridized carbons (Fsp3) is 0.250. The smallest absolute Gasteiger partial charge is 0.264 e. The Balaban J connectivity index is 1.63. The molecule has 1 aliphatic heterocycles. The number of aryl methyl sites for hydroxylation is 2. The van der Waals surface area contributed by atoms with Crippen molar-refractivity contribution in [2.45, 2.75) is 31.6 Å². The number of nitrogens with zero attached hydrogens (tertiary/aromatic N) is 2. The molecule has 0 bridgehead atoms. The maximum Gasteiger partial charge on any atom is 0.264 e. The molecule has 32 heavy (non-hydrogen) atoms. The molecule has 3 aromatic rings. The van der Waals surface area contributed by atoms with Gasteiger partial charge in [-0.1, -0.05) is 36.4 Å². The summed E-state index contributed by atoms with van der Waals surface area (Å²) in [6, 6.07) is 16.1. The van der Waals surface area contributed by atoms with E-state index < -0.39 is 10.0 Å². The number of benzene rings is 2. The summed E-state index contributed by atoms with van der Waals surface area (Å²) in [4.78, 5) is 17.3. The molecule has 1 unspecified atom stereocenters. The Morgan fingerprint density at radius 1 is 1.12 bits per heavy atom. The number of nitrogens with one attached hydrogen (secondary N) is 1. The van der Waals surface area contributed by atoms with Crippen LogP contribution in [-0.2, 0) is 14.8 Å². The Bertz CT molecular complexity index is 1270. The summed E-state index contributed by atoms with van der Waals surface area (Å²) in [5.74, 6) is -0.362. The van der Waals surface area contributed by atoms with Crippen molar-refractivity contribution in [1.82, 2.24) is 4.98 Å². The third kappa shape index (κ3) is 4.18. The van der Waals surface area contributed by atoms with Crippen molar-refractivity contribution in [1.29, 1.82) is 0 Å². The molecule has 0 radical (unpaired) electrons. The van der Waals surface area contributed by atoms with Gasteiger partial charge in [0.25, 0.3) is 10.0 Å². The molecule has 1 atom stereocenters. The van der Waals surface area contributed by atoms with E-state index in [1.54, 1.807) is 24.3 Å². The quantitative estimate of drug-likeness (QED) is 0.633. The summed E-state index contributed by atoms with van der Waals surface area (Å²) in [7, 11) is -3.81. The number of rotatable bonds is 5. The topological polar surface area (TPSA) is 88.6 Å². The third-order valence-electron chi connectivity index (χ3n) is 5.53. The van der Waals surface area contributed by atoms with Crippen molar-refractivity contribution in [2.24, 2.45) is 0 Å². The fourth-order valence-electron chi connectivity index (χ4n) is 3.76. The van der Waals surface area contributed by atoms with Gasteiger partial charge >= 0.3 is 0 Å². The number of anilines is 2. The van der Waals surface area contributed by atoms with Crippen molar-refractivity contribution >= 4 is 27.3 Å². The summed E-state index contributed by atoms with van der Waals surface area (Å²) in [5, 5.41) is 2.86. The van der Waals surface area contributed by atoms with E-state index in [9.17, 15) is 13.2 Å². The molecule has 1 aliphatic rings. The van der Waals surface area contributed by atoms with E-state index in [4.69, 9.17) is 4.74 Å². The van der Waals surface area contributed by atoms with E-state index in [-0.39, 0.29) is 35.8 Å². The molecule has 7 nitrogen and oxygen atoms in total. The number of carbonyl (C=O) groups excluding carboxylic acids is 1. The average molecular weight is 452 g/mol. The van der Waals surface area contributed by atoms with Gasteiger partial charge in [0.1, 0.15) is 12.3 Å². The van der Waals surface area contributed by atoms with Crippen LogP contribution in [0.5, 0.6) is 5.88 Å². The molecule has 0 aliphatic carbocycles. The molecule has 2 aromatic carbocycles. The van der Waals surface area contributed by atoms with Crippen molar-refractivity contribution in [3.63, 3.8) is 0 Å². The molecule has 8 heteroatoms. The van der Waals surface area contributed by atoms with Crippen molar-refractivity contribution in [2.75, 3.05) is 22.8 Å². The van der Waals surface area contributed by atoms with Gasteiger partial charge in [-0.15, -0.1) is 0 Å². The van der Waals surface area contributed by atoms with E-state index in [0.717, 1.165) is 16.7 Å². The molecule has 166 valence electrons. The highest BCUT2D eigenvalue weighted by atomic mass is 32.2. The molecule has 4 rings (SSSR count). The predicted octanol–water partition coefficient (Wildman–Crippen LogP) is 4.03. The molecule has 0 saturated heterocycles. The number of ether oxygens (including phenoxy) is 1. The second kappa shape index (κ2) is 8.63. The van der Waals surface area contributed by atoms with E-state index in [0.29, 0.717) is 11.4 Å². The number of hydrogen-bond acceptors (Lipinski definition) is 5. The maximum absolute atomic E-state index is 13.3. The van der Waals surface area contributed by atoms with Crippen LogP contribution >= 0.6 is 0 Å². The van der Waals surface area contributed by atoms with Gasteiger partial charge in [-0.3, -0.25) is 9.10 Å². The molecule has 2 heterocycles. The van der Waals surface area contributed by atoms with Gasteiger partial charge in [0.2, 0.25) is 11.8 Å². The van der Waals surface area contributed by atoms with Gasteiger partial charge in [0.15, 0.2) is 0 Å². The summed E-state index contributed by atoms with van der Waals surface area (Å²) >= 11 is 0. The minimum Gasteiger partial charge on any atom is -0.474 e. The Kier molecular flexibility index (Phi) is 5.88. The monoisotopic (exact) mass is 451 g/mol. The molecule has 1 amide bonds. The van der Waals surface area contributed by atoms with Crippen LogP contribution in [-0.4, -0.2) is 32.5 Å². The summed E-state index contributed by atoms with van der Waals surface area (Å²) in [6.07, 6.45) is 1.48. The standard InChI is InChI=1S/C24H25N3O4S/c1-16-7-6-9-20(13-16)32(29,30)27-11-12-31-24-22(27)14-19(15-25-24)26-23(28)18(3)21-10-5-4-8-17(21)2/h4-10,13-15,18H,11-12H2,1-3H3,(H,26,28). The number of sulfonamides is 1. The number of hydrogen-bond donors (Lipinski definition) is 1. The van der Waals surface area contributed by atoms with E-state index in [2.05, 4.69) is 10.3 Å². The first kappa shape index (κ1) is 21.8. The minimum absolute atomic E-state index is 0.155. The van der Waals surface area contributed by atoms with E-state index in [1.165, 1.54) is 10.5 Å². The highest BCUT2D eigenvalue weighted by molar-refractivity contribution is 7.92. The SMILES string of the molecule is Cc1cccc(S(=O)(=O)N2CCOc3ncc(NC(=O)C(C)c4ccccc4C)cc32)c1. The molecular formula is C24H25N3O4S. The second-order valence-electron chi connectivity index (χ2n) is 7.86.